The van der Waals surface area contributed by atoms with E-state index >= 15 is 0 Å². The molecule has 2 aliphatic carbocycles. The van der Waals surface area contributed by atoms with Crippen LogP contribution < -0.4 is 10.6 Å². The molecule has 1 spiro atoms. The maximum absolute atomic E-state index is 14.4. The fourth-order valence-electron chi connectivity index (χ4n) is 7.96. The van der Waals surface area contributed by atoms with Gasteiger partial charge in [-0.15, -0.1) is 11.8 Å². The number of carbonyl (C=O) groups excluding carboxylic acids is 3. The second-order valence-corrected chi connectivity index (χ2v) is 13.2. The Labute approximate surface area is 235 Å². The summed E-state index contributed by atoms with van der Waals surface area (Å²) in [5, 5.41) is 6.37. The van der Waals surface area contributed by atoms with Gasteiger partial charge in [-0.05, 0) is 55.6 Å². The van der Waals surface area contributed by atoms with Gasteiger partial charge in [0.2, 0.25) is 17.7 Å². The van der Waals surface area contributed by atoms with E-state index in [1.54, 1.807) is 11.8 Å². The lowest BCUT2D eigenvalue weighted by molar-refractivity contribution is -0.146. The molecule has 8 atom stereocenters. The van der Waals surface area contributed by atoms with Crippen LogP contribution in [0.5, 0.6) is 0 Å². The Kier molecular flexibility index (Phi) is 7.29. The minimum atomic E-state index is -1.11. The Morgan fingerprint density at radius 1 is 1.05 bits per heavy atom. The number of fused-ring (bicyclic) bond motifs is 1. The van der Waals surface area contributed by atoms with Crippen molar-refractivity contribution >= 4 is 35.2 Å². The Morgan fingerprint density at radius 2 is 1.85 bits per heavy atom. The third-order valence-electron chi connectivity index (χ3n) is 10.2. The average Bonchev–Trinajstić information content (AvgIpc) is 3.58. The molecule has 8 heteroatoms. The van der Waals surface area contributed by atoms with Gasteiger partial charge in [0.05, 0.1) is 17.9 Å². The summed E-state index contributed by atoms with van der Waals surface area (Å²) in [5.41, 5.74) is -0.402. The van der Waals surface area contributed by atoms with Gasteiger partial charge in [0, 0.05) is 22.7 Å². The third-order valence-corrected chi connectivity index (χ3v) is 10.9. The number of amides is 3. The molecule has 1 aromatic carbocycles. The van der Waals surface area contributed by atoms with Crippen molar-refractivity contribution in [2.24, 2.45) is 23.7 Å². The first-order valence-corrected chi connectivity index (χ1v) is 16.0. The molecule has 39 heavy (non-hydrogen) atoms. The van der Waals surface area contributed by atoms with Crippen molar-refractivity contribution in [1.29, 1.82) is 0 Å². The van der Waals surface area contributed by atoms with E-state index in [1.165, 1.54) is 6.42 Å². The van der Waals surface area contributed by atoms with Crippen molar-refractivity contribution in [3.05, 3.63) is 36.4 Å². The quantitative estimate of drug-likeness (QED) is 0.393. The molecule has 210 valence electrons. The standard InChI is InChI=1S/C31H41N3O4S/c1-18-9-7-14-23(19(18)2)34-27(29(36)32-20-10-5-4-6-11-20)31-16-15-24(38-31)25(26(31)30(34)37)28(35)33-21-12-8-13-22(17-21)39-3/h8,12-13,15-20,23-27H,4-7,9-11,14H2,1-3H3,(H,32,36)(H,33,35)/t18-,19+,23-,24+,25-,26+,27+,31+/m1/s1. The van der Waals surface area contributed by atoms with Gasteiger partial charge in [-0.3, -0.25) is 14.4 Å². The lowest BCUT2D eigenvalue weighted by atomic mass is 9.74. The van der Waals surface area contributed by atoms with Gasteiger partial charge in [0.1, 0.15) is 11.6 Å². The zero-order valence-corrected chi connectivity index (χ0v) is 24.0. The van der Waals surface area contributed by atoms with Crippen LogP contribution in [0.3, 0.4) is 0 Å². The molecular weight excluding hydrogens is 510 g/mol. The number of hydrogen-bond donors (Lipinski definition) is 2. The summed E-state index contributed by atoms with van der Waals surface area (Å²) in [7, 11) is 0. The van der Waals surface area contributed by atoms with E-state index < -0.39 is 29.6 Å². The second-order valence-electron chi connectivity index (χ2n) is 12.3. The summed E-state index contributed by atoms with van der Waals surface area (Å²) in [5.74, 6) is -1.09. The predicted octanol–water partition coefficient (Wildman–Crippen LogP) is 4.77. The van der Waals surface area contributed by atoms with E-state index in [-0.39, 0.29) is 35.7 Å². The van der Waals surface area contributed by atoms with Crippen LogP contribution >= 0.6 is 11.8 Å². The van der Waals surface area contributed by atoms with Crippen molar-refractivity contribution in [3.63, 3.8) is 0 Å². The Bertz CT molecular complexity index is 1170. The van der Waals surface area contributed by atoms with Crippen LogP contribution in [0.15, 0.2) is 41.3 Å². The maximum atomic E-state index is 14.4. The first-order chi connectivity index (χ1) is 18.8. The van der Waals surface area contributed by atoms with Crippen molar-refractivity contribution in [1.82, 2.24) is 10.2 Å². The minimum Gasteiger partial charge on any atom is -0.359 e. The van der Waals surface area contributed by atoms with Crippen molar-refractivity contribution in [3.8, 4) is 0 Å². The molecule has 0 radical (unpaired) electrons. The molecular formula is C31H41N3O4S. The molecule has 0 aromatic heterocycles. The number of benzene rings is 1. The number of carbonyl (C=O) groups is 3. The molecule has 2 saturated heterocycles. The lowest BCUT2D eigenvalue weighted by Gasteiger charge is -2.44. The highest BCUT2D eigenvalue weighted by Gasteiger charge is 2.73. The minimum absolute atomic E-state index is 0.0404. The van der Waals surface area contributed by atoms with Gasteiger partial charge in [-0.25, -0.2) is 0 Å². The lowest BCUT2D eigenvalue weighted by Crippen LogP contribution is -2.60. The number of anilines is 1. The summed E-state index contributed by atoms with van der Waals surface area (Å²) in [6.07, 6.45) is 13.7. The first kappa shape index (κ1) is 26.9. The maximum Gasteiger partial charge on any atom is 0.246 e. The number of likely N-dealkylation sites (tertiary alicyclic amines) is 1. The second kappa shape index (κ2) is 10.6. The molecule has 4 fully saturated rings. The normalized spacial score (nSPS) is 37.7. The molecule has 3 heterocycles. The zero-order valence-electron chi connectivity index (χ0n) is 23.2. The molecule has 7 nitrogen and oxygen atoms in total. The largest absolute Gasteiger partial charge is 0.359 e. The van der Waals surface area contributed by atoms with Gasteiger partial charge in [-0.2, -0.15) is 0 Å². The third kappa shape index (κ3) is 4.51. The number of hydrogen-bond acceptors (Lipinski definition) is 5. The van der Waals surface area contributed by atoms with Crippen LogP contribution in [-0.2, 0) is 19.1 Å². The van der Waals surface area contributed by atoms with Gasteiger partial charge in [-0.1, -0.05) is 64.2 Å². The van der Waals surface area contributed by atoms with Gasteiger partial charge in [0.15, 0.2) is 0 Å². The molecule has 3 amide bonds. The number of ether oxygens (including phenoxy) is 1. The summed E-state index contributed by atoms with van der Waals surface area (Å²) >= 11 is 1.61. The molecule has 0 unspecified atom stereocenters. The summed E-state index contributed by atoms with van der Waals surface area (Å²) in [6, 6.07) is 7.06. The molecule has 6 rings (SSSR count). The fraction of sp³-hybridized carbons (Fsp3) is 0.645. The number of nitrogens with zero attached hydrogens (tertiary/aromatic N) is 1. The number of rotatable bonds is 6. The van der Waals surface area contributed by atoms with Crippen LogP contribution in [-0.4, -0.2) is 58.7 Å². The van der Waals surface area contributed by atoms with E-state index in [4.69, 9.17) is 4.74 Å². The van der Waals surface area contributed by atoms with Crippen LogP contribution in [0.25, 0.3) is 0 Å². The Balaban J connectivity index is 1.33. The van der Waals surface area contributed by atoms with Crippen LogP contribution in [0, 0.1) is 23.7 Å². The van der Waals surface area contributed by atoms with E-state index in [0.29, 0.717) is 11.6 Å². The van der Waals surface area contributed by atoms with E-state index in [1.807, 2.05) is 47.6 Å². The van der Waals surface area contributed by atoms with Gasteiger partial charge in [0.25, 0.3) is 0 Å². The molecule has 1 aromatic rings. The van der Waals surface area contributed by atoms with Crippen molar-refractivity contribution in [2.45, 2.75) is 99.9 Å². The molecule has 5 aliphatic rings. The average molecular weight is 552 g/mol. The summed E-state index contributed by atoms with van der Waals surface area (Å²) in [4.78, 5) is 45.3. The summed E-state index contributed by atoms with van der Waals surface area (Å²) in [6.45, 7) is 4.45. The molecule has 3 aliphatic heterocycles. The van der Waals surface area contributed by atoms with Crippen LogP contribution in [0.4, 0.5) is 5.69 Å². The number of thioether (sulfide) groups is 1. The van der Waals surface area contributed by atoms with Gasteiger partial charge < -0.3 is 20.3 Å². The summed E-state index contributed by atoms with van der Waals surface area (Å²) < 4.78 is 6.58. The zero-order chi connectivity index (χ0) is 27.3. The highest BCUT2D eigenvalue weighted by Crippen LogP contribution is 2.57. The fourth-order valence-corrected chi connectivity index (χ4v) is 8.42. The Morgan fingerprint density at radius 3 is 2.62 bits per heavy atom. The topological polar surface area (TPSA) is 87.7 Å². The molecule has 2 saturated carbocycles. The molecule has 2 N–H and O–H groups in total. The van der Waals surface area contributed by atoms with E-state index in [2.05, 4.69) is 24.5 Å². The molecule has 2 bridgehead atoms. The van der Waals surface area contributed by atoms with Crippen LogP contribution in [0.2, 0.25) is 0 Å². The monoisotopic (exact) mass is 551 g/mol. The number of nitrogens with one attached hydrogen (secondary N) is 2. The Hall–Kier alpha value is -2.32. The van der Waals surface area contributed by atoms with Crippen molar-refractivity contribution < 1.29 is 19.1 Å². The highest BCUT2D eigenvalue weighted by molar-refractivity contribution is 7.98. The van der Waals surface area contributed by atoms with E-state index in [9.17, 15) is 14.4 Å². The van der Waals surface area contributed by atoms with Crippen molar-refractivity contribution in [2.75, 3.05) is 11.6 Å². The SMILES string of the molecule is CSc1cccc(NC(=O)[C@@H]2[C@@H]3C=C[C@]4(O3)[C@@H]2C(=O)N([C@@H]2CCC[C@@H](C)[C@@H]2C)[C@H]4C(=O)NC2CCCCC2)c1. The van der Waals surface area contributed by atoms with Crippen LogP contribution in [0.1, 0.15) is 65.2 Å². The van der Waals surface area contributed by atoms with Gasteiger partial charge >= 0.3 is 0 Å². The highest BCUT2D eigenvalue weighted by atomic mass is 32.2. The smallest absolute Gasteiger partial charge is 0.246 e. The predicted molar refractivity (Wildman–Crippen MR) is 152 cm³/mol. The van der Waals surface area contributed by atoms with E-state index in [0.717, 1.165) is 49.8 Å². The first-order valence-electron chi connectivity index (χ1n) is 14.8.